The highest BCUT2D eigenvalue weighted by atomic mass is 35.5. The monoisotopic (exact) mass is 591 g/mol. The van der Waals surface area contributed by atoms with E-state index in [1.807, 2.05) is 0 Å². The average molecular weight is 592 g/mol. The van der Waals surface area contributed by atoms with Crippen molar-refractivity contribution in [3.8, 4) is 17.1 Å². The predicted octanol–water partition coefficient (Wildman–Crippen LogP) is 2.36. The number of rotatable bonds is 7. The Labute approximate surface area is 223 Å². The van der Waals surface area contributed by atoms with Crippen LogP contribution in [0.3, 0.4) is 0 Å². The Kier molecular flexibility index (Phi) is 7.24. The van der Waals surface area contributed by atoms with Crippen LogP contribution in [0.4, 0.5) is 26.3 Å². The van der Waals surface area contributed by atoms with Crippen LogP contribution in [0.5, 0.6) is 0 Å². The van der Waals surface area contributed by atoms with Gasteiger partial charge in [0.2, 0.25) is 5.82 Å². The lowest BCUT2D eigenvalue weighted by molar-refractivity contribution is -0.353. The number of hydrogen-bond donors (Lipinski definition) is 3. The van der Waals surface area contributed by atoms with Gasteiger partial charge < -0.3 is 15.9 Å². The second kappa shape index (κ2) is 10.1. The molecule has 212 valence electrons. The van der Waals surface area contributed by atoms with E-state index in [4.69, 9.17) is 17.3 Å². The molecule has 2 aromatic carbocycles. The lowest BCUT2D eigenvalue weighted by atomic mass is 10.1. The number of aromatic nitrogens is 6. The van der Waals surface area contributed by atoms with Crippen LogP contribution in [-0.2, 0) is 19.3 Å². The molecule has 0 fully saturated rings. The van der Waals surface area contributed by atoms with Crippen LogP contribution in [0.25, 0.3) is 17.1 Å². The smallest absolute Gasteiger partial charge is 0.363 e. The number of aliphatic hydroxyl groups is 2. The molecule has 0 aliphatic carbocycles. The van der Waals surface area contributed by atoms with E-state index in [1.54, 1.807) is 0 Å². The summed E-state index contributed by atoms with van der Waals surface area (Å²) in [6.07, 6.45) is -10.4. The van der Waals surface area contributed by atoms with E-state index in [9.17, 15) is 46.1 Å². The second-order valence-electron chi connectivity index (χ2n) is 8.31. The molecule has 0 radical (unpaired) electrons. The van der Waals surface area contributed by atoms with Gasteiger partial charge in [-0.15, -0.1) is 10.2 Å². The van der Waals surface area contributed by atoms with Gasteiger partial charge in [0.1, 0.15) is 6.54 Å². The average Bonchev–Trinajstić information content (AvgIpc) is 3.40. The Morgan fingerprint density at radius 3 is 2.17 bits per heavy atom. The van der Waals surface area contributed by atoms with E-state index in [1.165, 1.54) is 30.3 Å². The molecular weight excluding hydrogens is 576 g/mol. The van der Waals surface area contributed by atoms with Crippen molar-refractivity contribution in [2.75, 3.05) is 0 Å². The quantitative estimate of drug-likeness (QED) is 0.220. The number of hydrogen-bond acceptors (Lipinski definition) is 7. The van der Waals surface area contributed by atoms with Gasteiger partial charge in [0.05, 0.1) is 17.8 Å². The van der Waals surface area contributed by atoms with Crippen LogP contribution < -0.4 is 11.4 Å². The summed E-state index contributed by atoms with van der Waals surface area (Å²) in [4.78, 5) is 28.8. The third-order valence-corrected chi connectivity index (χ3v) is 5.71. The van der Waals surface area contributed by atoms with Crippen LogP contribution in [0, 0.1) is 0 Å². The van der Waals surface area contributed by atoms with Crippen molar-refractivity contribution in [2.45, 2.75) is 31.2 Å². The lowest BCUT2D eigenvalue weighted by Crippen LogP contribution is -2.50. The first-order chi connectivity index (χ1) is 18.5. The van der Waals surface area contributed by atoms with Crippen LogP contribution in [0.1, 0.15) is 22.0 Å². The molecule has 2 aromatic heterocycles. The van der Waals surface area contributed by atoms with Crippen molar-refractivity contribution in [2.24, 2.45) is 5.73 Å². The molecule has 18 heteroatoms. The van der Waals surface area contributed by atoms with E-state index in [0.29, 0.717) is 13.9 Å². The van der Waals surface area contributed by atoms with E-state index in [0.717, 1.165) is 18.2 Å². The number of benzene rings is 2. The highest BCUT2D eigenvalue weighted by molar-refractivity contribution is 6.30. The van der Waals surface area contributed by atoms with Crippen molar-refractivity contribution in [1.82, 2.24) is 29.1 Å². The van der Waals surface area contributed by atoms with Gasteiger partial charge in [-0.2, -0.15) is 26.3 Å². The number of halogens is 7. The zero-order valence-electron chi connectivity index (χ0n) is 19.7. The molecule has 0 atom stereocenters. The minimum Gasteiger partial charge on any atom is -0.363 e. The molecule has 0 saturated carbocycles. The normalized spacial score (nSPS) is 12.6. The largest absolute Gasteiger partial charge is 0.444 e. The summed E-state index contributed by atoms with van der Waals surface area (Å²) in [6.45, 7) is -2.45. The highest BCUT2D eigenvalue weighted by Gasteiger charge is 2.53. The first kappa shape index (κ1) is 28.8. The number of amides is 1. The summed E-state index contributed by atoms with van der Waals surface area (Å²) in [5, 5.41) is 27.2. The molecule has 11 nitrogen and oxygen atoms in total. The Morgan fingerprint density at radius 2 is 1.60 bits per heavy atom. The SMILES string of the molecule is NC(=O)c1nc(Cn2nc(-c3ccc(Cl)cc3)n(CC(O)(O)C(F)(F)F)c2=O)nn1-c1ccccc1C(F)(F)F. The number of carbonyl (C=O) groups excluding carboxylic acids is 1. The maximum absolute atomic E-state index is 13.6. The number of para-hydroxylation sites is 1. The van der Waals surface area contributed by atoms with Crippen LogP contribution in [0.15, 0.2) is 53.3 Å². The van der Waals surface area contributed by atoms with Gasteiger partial charge in [0.15, 0.2) is 11.6 Å². The molecular formula is C22H16ClF6N7O4. The summed E-state index contributed by atoms with van der Waals surface area (Å²) in [5.41, 5.74) is 2.22. The maximum Gasteiger partial charge on any atom is 0.444 e. The molecule has 0 bridgehead atoms. The third kappa shape index (κ3) is 5.56. The minimum absolute atomic E-state index is 0.0497. The van der Waals surface area contributed by atoms with Gasteiger partial charge in [-0.25, -0.2) is 19.1 Å². The zero-order chi connectivity index (χ0) is 29.6. The Hall–Kier alpha value is -4.22. The highest BCUT2D eigenvalue weighted by Crippen LogP contribution is 2.34. The van der Waals surface area contributed by atoms with Gasteiger partial charge in [0, 0.05) is 10.6 Å². The van der Waals surface area contributed by atoms with Crippen LogP contribution in [0.2, 0.25) is 5.02 Å². The first-order valence-electron chi connectivity index (χ1n) is 10.9. The molecule has 4 aromatic rings. The molecule has 0 unspecified atom stereocenters. The Morgan fingerprint density at radius 1 is 0.975 bits per heavy atom. The predicted molar refractivity (Wildman–Crippen MR) is 124 cm³/mol. The van der Waals surface area contributed by atoms with Gasteiger partial charge in [0.25, 0.3) is 11.7 Å². The number of carbonyl (C=O) groups is 1. The van der Waals surface area contributed by atoms with Gasteiger partial charge in [-0.05, 0) is 36.4 Å². The van der Waals surface area contributed by atoms with E-state index in [2.05, 4.69) is 15.2 Å². The Balaban J connectivity index is 1.83. The van der Waals surface area contributed by atoms with E-state index in [-0.39, 0.29) is 10.6 Å². The zero-order valence-corrected chi connectivity index (χ0v) is 20.4. The standard InChI is InChI=1S/C22H16ClF6N7O4/c23-12-7-5-11(6-8-12)17-33-35(19(38)34(17)10-20(39,40)22(27,28)29)9-15-31-18(16(30)37)36(32-15)14-4-2-1-3-13(14)21(24,25)26/h1-8,39-40H,9-10H2,(H2,30,37). The summed E-state index contributed by atoms with van der Waals surface area (Å²) < 4.78 is 81.6. The molecule has 4 N–H and O–H groups in total. The van der Waals surface area contributed by atoms with Crippen LogP contribution in [-0.4, -0.2) is 57.2 Å². The summed E-state index contributed by atoms with van der Waals surface area (Å²) in [7, 11) is 0. The van der Waals surface area contributed by atoms with Crippen LogP contribution >= 0.6 is 11.6 Å². The molecule has 1 amide bonds. The first-order valence-corrected chi connectivity index (χ1v) is 11.2. The number of nitrogens with zero attached hydrogens (tertiary/aromatic N) is 6. The topological polar surface area (TPSA) is 154 Å². The van der Waals surface area contributed by atoms with Crippen molar-refractivity contribution in [3.05, 3.63) is 81.3 Å². The summed E-state index contributed by atoms with van der Waals surface area (Å²) in [6, 6.07) is 9.30. The Bertz CT molecular complexity index is 1620. The van der Waals surface area contributed by atoms with E-state index >= 15 is 0 Å². The molecule has 0 spiro atoms. The van der Waals surface area contributed by atoms with Crippen molar-refractivity contribution in [3.63, 3.8) is 0 Å². The fourth-order valence-corrected chi connectivity index (χ4v) is 3.72. The fraction of sp³-hybridized carbons (Fsp3) is 0.227. The molecule has 0 aliphatic rings. The van der Waals surface area contributed by atoms with Gasteiger partial charge in [-0.1, -0.05) is 23.7 Å². The van der Waals surface area contributed by atoms with Crippen molar-refractivity contribution >= 4 is 17.5 Å². The fourth-order valence-electron chi connectivity index (χ4n) is 3.59. The number of nitrogens with two attached hydrogens (primary N) is 1. The molecule has 0 aliphatic heterocycles. The van der Waals surface area contributed by atoms with Crippen molar-refractivity contribution < 1.29 is 41.4 Å². The number of primary amides is 1. The summed E-state index contributed by atoms with van der Waals surface area (Å²) in [5.74, 6) is -7.26. The second-order valence-corrected chi connectivity index (χ2v) is 8.75. The molecule has 40 heavy (non-hydrogen) atoms. The molecule has 2 heterocycles. The molecule has 4 rings (SSSR count). The van der Waals surface area contributed by atoms with Gasteiger partial charge in [-0.3, -0.25) is 9.36 Å². The third-order valence-electron chi connectivity index (χ3n) is 5.46. The van der Waals surface area contributed by atoms with Gasteiger partial charge >= 0.3 is 18.0 Å². The summed E-state index contributed by atoms with van der Waals surface area (Å²) >= 11 is 5.83. The maximum atomic E-state index is 13.6. The minimum atomic E-state index is -5.56. The lowest BCUT2D eigenvalue weighted by Gasteiger charge is -2.24. The number of alkyl halides is 6. The van der Waals surface area contributed by atoms with E-state index < -0.39 is 71.6 Å². The van der Waals surface area contributed by atoms with Crippen molar-refractivity contribution in [1.29, 1.82) is 0 Å². The molecule has 0 saturated heterocycles.